The lowest BCUT2D eigenvalue weighted by atomic mass is 10.2. The van der Waals surface area contributed by atoms with E-state index in [-0.39, 0.29) is 0 Å². The molecule has 5 aromatic rings. The Kier molecular flexibility index (Phi) is 7.12. The summed E-state index contributed by atoms with van der Waals surface area (Å²) in [6.45, 7) is 4.21. The maximum Gasteiger partial charge on any atom is 0.0991 e. The summed E-state index contributed by atoms with van der Waals surface area (Å²) in [6, 6.07) is 16.6. The van der Waals surface area contributed by atoms with Crippen LogP contribution in [0.5, 0.6) is 0 Å². The third kappa shape index (κ3) is 6.32. The highest BCUT2D eigenvalue weighted by Crippen LogP contribution is 2.13. The number of hydrogen-bond acceptors (Lipinski definition) is 3. The average molecular weight is 384 g/mol. The first-order valence-electron chi connectivity index (χ1n) is 9.25. The lowest BCUT2D eigenvalue weighted by Crippen LogP contribution is -1.94. The SMILES string of the molecule is Cc1cccc(C)c1.c1c[nH]cn1.c1cc(-n2ccnc2)cc(-n2ccnc2)c1. The molecule has 0 saturated carbocycles. The van der Waals surface area contributed by atoms with Crippen molar-refractivity contribution in [3.8, 4) is 11.4 Å². The van der Waals surface area contributed by atoms with Crippen LogP contribution in [-0.4, -0.2) is 29.1 Å². The Morgan fingerprint density at radius 2 is 1.28 bits per heavy atom. The molecular formula is C23H24N6. The molecule has 3 aromatic heterocycles. The summed E-state index contributed by atoms with van der Waals surface area (Å²) in [4.78, 5) is 14.5. The van der Waals surface area contributed by atoms with Gasteiger partial charge in [0, 0.05) is 48.6 Å². The van der Waals surface area contributed by atoms with Crippen molar-refractivity contribution in [2.45, 2.75) is 13.8 Å². The molecule has 6 heteroatoms. The number of nitrogens with zero attached hydrogens (tertiary/aromatic N) is 5. The van der Waals surface area contributed by atoms with Gasteiger partial charge in [-0.15, -0.1) is 0 Å². The molecule has 0 atom stereocenters. The molecule has 0 unspecified atom stereocenters. The minimum Gasteiger partial charge on any atom is -0.351 e. The van der Waals surface area contributed by atoms with Gasteiger partial charge in [0.1, 0.15) is 0 Å². The second-order valence-electron chi connectivity index (χ2n) is 6.38. The monoisotopic (exact) mass is 384 g/mol. The average Bonchev–Trinajstić information content (AvgIpc) is 3.54. The summed E-state index contributed by atoms with van der Waals surface area (Å²) >= 11 is 0. The number of rotatable bonds is 2. The molecule has 0 saturated heterocycles. The molecule has 0 spiro atoms. The van der Waals surface area contributed by atoms with Gasteiger partial charge in [-0.2, -0.15) is 0 Å². The maximum absolute atomic E-state index is 4.03. The van der Waals surface area contributed by atoms with Crippen LogP contribution in [-0.2, 0) is 0 Å². The highest BCUT2D eigenvalue weighted by atomic mass is 15.0. The number of H-pyrrole nitrogens is 1. The zero-order valence-corrected chi connectivity index (χ0v) is 16.6. The topological polar surface area (TPSA) is 64.3 Å². The highest BCUT2D eigenvalue weighted by Gasteiger charge is 1.98. The van der Waals surface area contributed by atoms with E-state index < -0.39 is 0 Å². The quantitative estimate of drug-likeness (QED) is 0.477. The van der Waals surface area contributed by atoms with Gasteiger partial charge in [-0.1, -0.05) is 41.5 Å². The number of aromatic amines is 1. The molecular weight excluding hydrogens is 360 g/mol. The van der Waals surface area contributed by atoms with Gasteiger partial charge in [0.15, 0.2) is 0 Å². The van der Waals surface area contributed by atoms with E-state index in [0.29, 0.717) is 0 Å². The van der Waals surface area contributed by atoms with Crippen molar-refractivity contribution in [3.05, 3.63) is 116 Å². The number of imidazole rings is 3. The second kappa shape index (κ2) is 10.4. The fourth-order valence-electron chi connectivity index (χ4n) is 2.66. The van der Waals surface area contributed by atoms with Crippen molar-refractivity contribution in [3.63, 3.8) is 0 Å². The van der Waals surface area contributed by atoms with Crippen LogP contribution in [0.15, 0.2) is 105 Å². The predicted molar refractivity (Wildman–Crippen MR) is 115 cm³/mol. The fraction of sp³-hybridized carbons (Fsp3) is 0.0870. The predicted octanol–water partition coefficient (Wildman–Crippen LogP) is 4.77. The van der Waals surface area contributed by atoms with E-state index in [4.69, 9.17) is 0 Å². The third-order valence-electron chi connectivity index (χ3n) is 4.01. The molecule has 2 aromatic carbocycles. The van der Waals surface area contributed by atoms with Gasteiger partial charge in [0.25, 0.3) is 0 Å². The lowest BCUT2D eigenvalue weighted by Gasteiger charge is -2.06. The summed E-state index contributed by atoms with van der Waals surface area (Å²) < 4.78 is 3.95. The molecule has 1 N–H and O–H groups in total. The molecule has 0 aliphatic carbocycles. The first-order valence-corrected chi connectivity index (χ1v) is 9.25. The first-order chi connectivity index (χ1) is 14.2. The van der Waals surface area contributed by atoms with Crippen molar-refractivity contribution in [1.82, 2.24) is 29.1 Å². The van der Waals surface area contributed by atoms with E-state index in [1.54, 1.807) is 43.8 Å². The molecule has 0 radical (unpaired) electrons. The van der Waals surface area contributed by atoms with Crippen LogP contribution in [0, 0.1) is 13.8 Å². The number of aromatic nitrogens is 6. The van der Waals surface area contributed by atoms with Gasteiger partial charge in [-0.25, -0.2) is 15.0 Å². The summed E-state index contributed by atoms with van der Waals surface area (Å²) in [7, 11) is 0. The number of aryl methyl sites for hydroxylation is 2. The van der Waals surface area contributed by atoms with Crippen LogP contribution in [0.1, 0.15) is 11.1 Å². The summed E-state index contributed by atoms with van der Waals surface area (Å²) in [6.07, 6.45) is 16.0. The maximum atomic E-state index is 4.03. The minimum absolute atomic E-state index is 1.09. The van der Waals surface area contributed by atoms with Gasteiger partial charge in [-0.3, -0.25) is 0 Å². The van der Waals surface area contributed by atoms with Gasteiger partial charge in [0.2, 0.25) is 0 Å². The van der Waals surface area contributed by atoms with E-state index in [2.05, 4.69) is 64.1 Å². The van der Waals surface area contributed by atoms with E-state index >= 15 is 0 Å². The standard InChI is InChI=1S/C12H10N4.C8H10.C3H4N2/c1-2-11(15-6-4-13-9-15)8-12(3-1)16-7-5-14-10-16;1-7-4-3-5-8(2)6-7;1-2-5-3-4-1/h1-10H;3-6H,1-2H3;1-3H,(H,4,5). The molecule has 146 valence electrons. The molecule has 6 nitrogen and oxygen atoms in total. The van der Waals surface area contributed by atoms with E-state index in [1.807, 2.05) is 39.7 Å². The number of hydrogen-bond donors (Lipinski definition) is 1. The number of benzene rings is 2. The Morgan fingerprint density at radius 1 is 0.690 bits per heavy atom. The van der Waals surface area contributed by atoms with Crippen molar-refractivity contribution >= 4 is 0 Å². The minimum atomic E-state index is 1.09. The van der Waals surface area contributed by atoms with Gasteiger partial charge in [0.05, 0.1) is 19.0 Å². The molecule has 0 aliphatic rings. The third-order valence-corrected chi connectivity index (χ3v) is 4.01. The largest absolute Gasteiger partial charge is 0.351 e. The molecule has 0 bridgehead atoms. The highest BCUT2D eigenvalue weighted by molar-refractivity contribution is 5.43. The summed E-state index contributed by atoms with van der Waals surface area (Å²) in [5, 5.41) is 0. The van der Waals surface area contributed by atoms with E-state index in [9.17, 15) is 0 Å². The van der Waals surface area contributed by atoms with Crippen LogP contribution in [0.2, 0.25) is 0 Å². The van der Waals surface area contributed by atoms with E-state index in [1.165, 1.54) is 11.1 Å². The van der Waals surface area contributed by atoms with Crippen LogP contribution < -0.4 is 0 Å². The van der Waals surface area contributed by atoms with Gasteiger partial charge >= 0.3 is 0 Å². The number of nitrogens with one attached hydrogen (secondary N) is 1. The lowest BCUT2D eigenvalue weighted by molar-refractivity contribution is 1.02. The molecule has 29 heavy (non-hydrogen) atoms. The molecule has 5 rings (SSSR count). The Labute approximate surface area is 170 Å². The zero-order valence-electron chi connectivity index (χ0n) is 16.6. The molecule has 0 amide bonds. The molecule has 3 heterocycles. The molecule has 0 fully saturated rings. The Morgan fingerprint density at radius 3 is 1.62 bits per heavy atom. The van der Waals surface area contributed by atoms with Crippen LogP contribution in [0.25, 0.3) is 11.4 Å². The second-order valence-corrected chi connectivity index (χ2v) is 6.38. The van der Waals surface area contributed by atoms with Crippen LogP contribution in [0.3, 0.4) is 0 Å². The first kappa shape index (κ1) is 19.8. The fourth-order valence-corrected chi connectivity index (χ4v) is 2.66. The van der Waals surface area contributed by atoms with Gasteiger partial charge in [-0.05, 0) is 32.0 Å². The summed E-state index contributed by atoms with van der Waals surface area (Å²) in [5.41, 5.74) is 4.85. The van der Waals surface area contributed by atoms with Crippen molar-refractivity contribution < 1.29 is 0 Å². The Balaban J connectivity index is 0.000000153. The Bertz CT molecular complexity index is 981. The van der Waals surface area contributed by atoms with Gasteiger partial charge < -0.3 is 14.1 Å². The normalized spacial score (nSPS) is 9.72. The van der Waals surface area contributed by atoms with Crippen molar-refractivity contribution in [2.75, 3.05) is 0 Å². The Hall–Kier alpha value is -3.93. The van der Waals surface area contributed by atoms with Crippen molar-refractivity contribution in [2.24, 2.45) is 0 Å². The van der Waals surface area contributed by atoms with Crippen LogP contribution >= 0.6 is 0 Å². The zero-order chi connectivity index (χ0) is 20.3. The summed E-state index contributed by atoms with van der Waals surface area (Å²) in [5.74, 6) is 0. The molecule has 0 aliphatic heterocycles. The smallest absolute Gasteiger partial charge is 0.0991 e. The van der Waals surface area contributed by atoms with Crippen LogP contribution in [0.4, 0.5) is 0 Å². The van der Waals surface area contributed by atoms with E-state index in [0.717, 1.165) is 11.4 Å². The van der Waals surface area contributed by atoms with Crippen molar-refractivity contribution in [1.29, 1.82) is 0 Å².